The zero-order valence-corrected chi connectivity index (χ0v) is 5.35. The second-order valence-electron chi connectivity index (χ2n) is 1.39. The monoisotopic (exact) mass is 132 g/mol. The molecule has 0 rings (SSSR count). The summed E-state index contributed by atoms with van der Waals surface area (Å²) >= 11 is 0. The zero-order chi connectivity index (χ0) is 7.11. The summed E-state index contributed by atoms with van der Waals surface area (Å²) in [4.78, 5) is 10.2. The summed E-state index contributed by atoms with van der Waals surface area (Å²) in [5, 5.41) is 0. The molecule has 0 aromatic carbocycles. The van der Waals surface area contributed by atoms with Crippen LogP contribution in [0.2, 0.25) is 0 Å². The third kappa shape index (κ3) is 5.10. The van der Waals surface area contributed by atoms with Gasteiger partial charge in [0.05, 0.1) is 6.61 Å². The minimum absolute atomic E-state index is 0.360. The van der Waals surface area contributed by atoms with Gasteiger partial charge in [-0.3, -0.25) is 0 Å². The van der Waals surface area contributed by atoms with Crippen molar-refractivity contribution in [2.24, 2.45) is 0 Å². The minimum atomic E-state index is -0.758. The Morgan fingerprint density at radius 1 is 1.56 bits per heavy atom. The summed E-state index contributed by atoms with van der Waals surface area (Å²) in [5.41, 5.74) is 6.45. The van der Waals surface area contributed by atoms with Gasteiger partial charge in [0.25, 0.3) is 0 Å². The van der Waals surface area contributed by atoms with Gasteiger partial charge in [-0.15, -0.1) is 0 Å². The Labute approximate surface area is 53.9 Å². The molecule has 0 bridgehead atoms. The van der Waals surface area contributed by atoms with E-state index in [9.17, 15) is 4.79 Å². The van der Waals surface area contributed by atoms with Gasteiger partial charge in [0.2, 0.25) is 0 Å². The predicted molar refractivity (Wildman–Crippen MR) is 30.7 cm³/mol. The molecule has 0 aliphatic heterocycles. The number of hydrogen-bond donors (Lipinski definition) is 0. The lowest BCUT2D eigenvalue weighted by Gasteiger charge is -2.00. The van der Waals surface area contributed by atoms with Crippen LogP contribution in [0.25, 0.3) is 0 Å². The van der Waals surface area contributed by atoms with E-state index in [-0.39, 0.29) is 6.73 Å². The van der Waals surface area contributed by atoms with Crippen LogP contribution in [0.15, 0.2) is 0 Å². The zero-order valence-electron chi connectivity index (χ0n) is 5.35. The molecule has 0 unspecified atom stereocenters. The molecule has 9 heavy (non-hydrogen) atoms. The van der Waals surface area contributed by atoms with E-state index in [1.165, 1.54) is 0 Å². The van der Waals surface area contributed by atoms with Gasteiger partial charge in [-0.2, -0.15) is 0 Å². The van der Waals surface area contributed by atoms with Gasteiger partial charge in [-0.05, 0) is 6.42 Å². The highest BCUT2D eigenvalue weighted by atomic mass is 16.7. The minimum Gasteiger partial charge on any atom is -0.434 e. The van der Waals surface area contributed by atoms with Crippen molar-refractivity contribution in [2.45, 2.75) is 13.3 Å². The average molecular weight is 132 g/mol. The number of ether oxygens (including phenoxy) is 2. The first-order chi connectivity index (χ1) is 4.31. The Balaban J connectivity index is 3.06. The predicted octanol–water partition coefficient (Wildman–Crippen LogP) is 0.790. The van der Waals surface area contributed by atoms with Crippen molar-refractivity contribution in [1.29, 1.82) is 0 Å². The summed E-state index contributed by atoms with van der Waals surface area (Å²) in [6, 6.07) is 0. The van der Waals surface area contributed by atoms with Gasteiger partial charge >= 0.3 is 6.16 Å². The standard InChI is InChI=1S/C5H10NO3/c1-2-3-8-5(7)9-4-6/h6H,2-4H2,1H3. The SMILES string of the molecule is CCCOC(=O)OC[NH]. The molecule has 0 heterocycles. The Morgan fingerprint density at radius 3 is 2.67 bits per heavy atom. The van der Waals surface area contributed by atoms with Crippen molar-refractivity contribution < 1.29 is 14.3 Å². The van der Waals surface area contributed by atoms with Crippen LogP contribution in [0.1, 0.15) is 13.3 Å². The lowest BCUT2D eigenvalue weighted by Crippen LogP contribution is -2.08. The molecule has 0 aromatic rings. The normalized spacial score (nSPS) is 8.67. The van der Waals surface area contributed by atoms with Crippen molar-refractivity contribution >= 4 is 6.16 Å². The fraction of sp³-hybridized carbons (Fsp3) is 0.800. The summed E-state index contributed by atoms with van der Waals surface area (Å²) in [6.45, 7) is 1.87. The molecular weight excluding hydrogens is 122 g/mol. The first-order valence-corrected chi connectivity index (χ1v) is 2.75. The van der Waals surface area contributed by atoms with E-state index < -0.39 is 6.16 Å². The van der Waals surface area contributed by atoms with Crippen LogP contribution >= 0.6 is 0 Å². The van der Waals surface area contributed by atoms with E-state index in [0.29, 0.717) is 6.61 Å². The van der Waals surface area contributed by atoms with Crippen LogP contribution in [0.5, 0.6) is 0 Å². The first kappa shape index (κ1) is 8.23. The number of carbonyl (C=O) groups excluding carboxylic acids is 1. The Hall–Kier alpha value is -0.770. The van der Waals surface area contributed by atoms with Crippen LogP contribution in [0, 0.1) is 0 Å². The van der Waals surface area contributed by atoms with E-state index in [0.717, 1.165) is 6.42 Å². The number of carbonyl (C=O) groups is 1. The summed E-state index contributed by atoms with van der Waals surface area (Å²) in [5.74, 6) is 0. The van der Waals surface area contributed by atoms with E-state index in [2.05, 4.69) is 9.47 Å². The van der Waals surface area contributed by atoms with Crippen molar-refractivity contribution in [1.82, 2.24) is 5.73 Å². The second kappa shape index (κ2) is 5.37. The van der Waals surface area contributed by atoms with E-state index in [4.69, 9.17) is 5.73 Å². The molecule has 0 fully saturated rings. The summed E-state index contributed by atoms with van der Waals surface area (Å²) in [7, 11) is 0. The molecule has 1 radical (unpaired) electrons. The van der Waals surface area contributed by atoms with Crippen LogP contribution < -0.4 is 5.73 Å². The molecular formula is C5H10NO3. The molecule has 0 aliphatic carbocycles. The van der Waals surface area contributed by atoms with Gasteiger partial charge in [-0.25, -0.2) is 10.5 Å². The highest BCUT2D eigenvalue weighted by molar-refractivity contribution is 5.59. The number of hydrogen-bond acceptors (Lipinski definition) is 3. The van der Waals surface area contributed by atoms with Crippen LogP contribution in [0.4, 0.5) is 4.79 Å². The molecule has 0 atom stereocenters. The molecule has 1 N–H and O–H groups in total. The summed E-state index contributed by atoms with van der Waals surface area (Å²) < 4.78 is 8.60. The van der Waals surface area contributed by atoms with Crippen molar-refractivity contribution in [3.63, 3.8) is 0 Å². The molecule has 0 spiro atoms. The van der Waals surface area contributed by atoms with Crippen molar-refractivity contribution in [3.8, 4) is 0 Å². The number of nitrogens with one attached hydrogen (secondary N) is 1. The van der Waals surface area contributed by atoms with Gasteiger partial charge in [-0.1, -0.05) is 6.92 Å². The quantitative estimate of drug-likeness (QED) is 0.533. The smallest absolute Gasteiger partial charge is 0.434 e. The van der Waals surface area contributed by atoms with Crippen molar-refractivity contribution in [3.05, 3.63) is 0 Å². The largest absolute Gasteiger partial charge is 0.509 e. The second-order valence-corrected chi connectivity index (χ2v) is 1.39. The van der Waals surface area contributed by atoms with E-state index >= 15 is 0 Å². The average Bonchev–Trinajstić information content (AvgIpc) is 1.85. The highest BCUT2D eigenvalue weighted by Gasteiger charge is 1.98. The lowest BCUT2D eigenvalue weighted by molar-refractivity contribution is 0.0560. The molecule has 0 amide bonds. The van der Waals surface area contributed by atoms with E-state index in [1.807, 2.05) is 6.92 Å². The molecule has 0 saturated heterocycles. The number of rotatable bonds is 3. The molecule has 4 heteroatoms. The fourth-order valence-electron chi connectivity index (χ4n) is 0.286. The molecule has 0 aromatic heterocycles. The third-order valence-corrected chi connectivity index (χ3v) is 0.614. The lowest BCUT2D eigenvalue weighted by atomic mass is 10.5. The summed E-state index contributed by atoms with van der Waals surface area (Å²) in [6.07, 6.45) is 0.0134. The van der Waals surface area contributed by atoms with E-state index in [1.54, 1.807) is 0 Å². The molecule has 0 saturated carbocycles. The maximum atomic E-state index is 10.2. The van der Waals surface area contributed by atoms with Gasteiger partial charge < -0.3 is 9.47 Å². The van der Waals surface area contributed by atoms with Crippen LogP contribution in [-0.2, 0) is 9.47 Å². The highest BCUT2D eigenvalue weighted by Crippen LogP contribution is 1.84. The van der Waals surface area contributed by atoms with Gasteiger partial charge in [0.15, 0.2) is 6.73 Å². The first-order valence-electron chi connectivity index (χ1n) is 2.75. The van der Waals surface area contributed by atoms with Gasteiger partial charge in [0.1, 0.15) is 0 Å². The Morgan fingerprint density at radius 2 is 2.22 bits per heavy atom. The topological polar surface area (TPSA) is 59.3 Å². The maximum absolute atomic E-state index is 10.2. The Kier molecular flexibility index (Phi) is 4.91. The third-order valence-electron chi connectivity index (χ3n) is 0.614. The maximum Gasteiger partial charge on any atom is 0.509 e. The molecule has 4 nitrogen and oxygen atoms in total. The van der Waals surface area contributed by atoms with Crippen LogP contribution in [0.3, 0.4) is 0 Å². The Bertz CT molecular complexity index is 84.3. The molecule has 53 valence electrons. The van der Waals surface area contributed by atoms with Gasteiger partial charge in [0, 0.05) is 0 Å². The fourth-order valence-corrected chi connectivity index (χ4v) is 0.286. The molecule has 0 aliphatic rings. The van der Waals surface area contributed by atoms with Crippen molar-refractivity contribution in [2.75, 3.05) is 13.3 Å². The van der Waals surface area contributed by atoms with Crippen LogP contribution in [-0.4, -0.2) is 19.5 Å².